The van der Waals surface area contributed by atoms with E-state index >= 15 is 0 Å². The molecule has 1 saturated carbocycles. The van der Waals surface area contributed by atoms with Crippen molar-refractivity contribution in [3.8, 4) is 0 Å². The standard InChI is InChI=1S/C22H37NO3/c1-4-5-6-9-18(24)11-12-19-20-14-16(13-17(20)15-21(19)25)8-7-10-22(26)23(2)3/h11-13,17-21,24-25H,4-10,14-15H2,1-3H3/b12-11+/t17-,18-,19+,20-,21+/m0/s1. The summed E-state index contributed by atoms with van der Waals surface area (Å²) in [5.74, 6) is 1.26. The van der Waals surface area contributed by atoms with E-state index in [1.807, 2.05) is 6.08 Å². The molecule has 0 unspecified atom stereocenters. The first kappa shape index (κ1) is 21.2. The Morgan fingerprint density at radius 2 is 2.12 bits per heavy atom. The lowest BCUT2D eigenvalue weighted by molar-refractivity contribution is -0.128. The number of rotatable bonds is 10. The van der Waals surface area contributed by atoms with Gasteiger partial charge in [0.2, 0.25) is 5.91 Å². The normalized spacial score (nSPS) is 29.0. The van der Waals surface area contributed by atoms with Crippen LogP contribution in [0.1, 0.15) is 64.7 Å². The van der Waals surface area contributed by atoms with Gasteiger partial charge in [0.25, 0.3) is 0 Å². The van der Waals surface area contributed by atoms with Crippen molar-refractivity contribution in [3.05, 3.63) is 23.8 Å². The van der Waals surface area contributed by atoms with E-state index in [0.717, 1.165) is 51.4 Å². The maximum absolute atomic E-state index is 11.7. The van der Waals surface area contributed by atoms with Gasteiger partial charge < -0.3 is 15.1 Å². The molecule has 0 aliphatic heterocycles. The van der Waals surface area contributed by atoms with Gasteiger partial charge in [0.05, 0.1) is 12.2 Å². The third-order valence-corrected chi connectivity index (χ3v) is 6.00. The number of hydrogen-bond acceptors (Lipinski definition) is 3. The summed E-state index contributed by atoms with van der Waals surface area (Å²) in [6, 6.07) is 0. The van der Waals surface area contributed by atoms with E-state index in [1.165, 1.54) is 5.57 Å². The van der Waals surface area contributed by atoms with Crippen LogP contribution in [-0.4, -0.2) is 47.3 Å². The van der Waals surface area contributed by atoms with Crippen molar-refractivity contribution in [1.82, 2.24) is 4.90 Å². The van der Waals surface area contributed by atoms with Crippen LogP contribution < -0.4 is 0 Å². The second-order valence-electron chi connectivity index (χ2n) is 8.33. The van der Waals surface area contributed by atoms with Crippen LogP contribution in [0.15, 0.2) is 23.8 Å². The smallest absolute Gasteiger partial charge is 0.222 e. The summed E-state index contributed by atoms with van der Waals surface area (Å²) in [4.78, 5) is 13.3. The highest BCUT2D eigenvalue weighted by molar-refractivity contribution is 5.75. The van der Waals surface area contributed by atoms with Crippen molar-refractivity contribution in [3.63, 3.8) is 0 Å². The summed E-state index contributed by atoms with van der Waals surface area (Å²) in [6.07, 6.45) is 14.2. The van der Waals surface area contributed by atoms with Gasteiger partial charge in [-0.15, -0.1) is 0 Å². The average Bonchev–Trinajstić information content (AvgIpc) is 3.09. The van der Waals surface area contributed by atoms with Gasteiger partial charge in [0.15, 0.2) is 0 Å². The molecule has 0 bridgehead atoms. The van der Waals surface area contributed by atoms with Gasteiger partial charge in [-0.2, -0.15) is 0 Å². The zero-order valence-electron chi connectivity index (χ0n) is 16.7. The van der Waals surface area contributed by atoms with Crippen LogP contribution >= 0.6 is 0 Å². The molecular formula is C22H37NO3. The molecule has 26 heavy (non-hydrogen) atoms. The summed E-state index contributed by atoms with van der Waals surface area (Å²) in [6.45, 7) is 2.17. The molecule has 4 heteroatoms. The number of amides is 1. The van der Waals surface area contributed by atoms with Gasteiger partial charge in [0.1, 0.15) is 0 Å². The minimum Gasteiger partial charge on any atom is -0.392 e. The summed E-state index contributed by atoms with van der Waals surface area (Å²) >= 11 is 0. The molecule has 1 fully saturated rings. The molecule has 0 aromatic heterocycles. The Kier molecular flexibility index (Phi) is 8.36. The number of fused-ring (bicyclic) bond motifs is 1. The first-order chi connectivity index (χ1) is 12.4. The lowest BCUT2D eigenvalue weighted by Gasteiger charge is -2.19. The molecule has 0 aromatic carbocycles. The van der Waals surface area contributed by atoms with Crippen LogP contribution in [0.4, 0.5) is 0 Å². The summed E-state index contributed by atoms with van der Waals surface area (Å²) in [7, 11) is 3.60. The molecule has 0 spiro atoms. The molecule has 0 saturated heterocycles. The Morgan fingerprint density at radius 3 is 2.81 bits per heavy atom. The lowest BCUT2D eigenvalue weighted by atomic mass is 9.88. The molecule has 2 N–H and O–H groups in total. The molecule has 5 atom stereocenters. The van der Waals surface area contributed by atoms with Crippen LogP contribution in [0.25, 0.3) is 0 Å². The molecule has 1 amide bonds. The monoisotopic (exact) mass is 363 g/mol. The number of carbonyl (C=O) groups excluding carboxylic acids is 1. The van der Waals surface area contributed by atoms with Crippen molar-refractivity contribution >= 4 is 5.91 Å². The van der Waals surface area contributed by atoms with Crippen LogP contribution in [0.2, 0.25) is 0 Å². The van der Waals surface area contributed by atoms with E-state index in [2.05, 4.69) is 19.1 Å². The maximum atomic E-state index is 11.7. The number of carbonyl (C=O) groups is 1. The van der Waals surface area contributed by atoms with Gasteiger partial charge in [-0.05, 0) is 43.9 Å². The molecule has 4 nitrogen and oxygen atoms in total. The number of unbranched alkanes of at least 4 members (excludes halogenated alkanes) is 2. The lowest BCUT2D eigenvalue weighted by Crippen LogP contribution is -2.21. The highest BCUT2D eigenvalue weighted by Crippen LogP contribution is 2.48. The van der Waals surface area contributed by atoms with Crippen molar-refractivity contribution in [2.24, 2.45) is 17.8 Å². The fourth-order valence-electron chi connectivity index (χ4n) is 4.44. The molecule has 0 radical (unpaired) electrons. The van der Waals surface area contributed by atoms with Crippen molar-refractivity contribution < 1.29 is 15.0 Å². The second kappa shape index (κ2) is 10.3. The number of hydrogen-bond donors (Lipinski definition) is 2. The Bertz CT molecular complexity index is 512. The van der Waals surface area contributed by atoms with Crippen molar-refractivity contribution in [1.29, 1.82) is 0 Å². The van der Waals surface area contributed by atoms with E-state index in [1.54, 1.807) is 19.0 Å². The third kappa shape index (κ3) is 5.95. The Balaban J connectivity index is 1.80. The van der Waals surface area contributed by atoms with E-state index in [-0.39, 0.29) is 17.9 Å². The number of aliphatic hydroxyl groups is 2. The molecule has 0 heterocycles. The number of nitrogens with zero attached hydrogens (tertiary/aromatic N) is 1. The molecule has 148 valence electrons. The molecule has 2 rings (SSSR count). The fraction of sp³-hybridized carbons (Fsp3) is 0.773. The highest BCUT2D eigenvalue weighted by atomic mass is 16.3. The first-order valence-corrected chi connectivity index (χ1v) is 10.4. The van der Waals surface area contributed by atoms with E-state index < -0.39 is 6.10 Å². The molecule has 2 aliphatic rings. The first-order valence-electron chi connectivity index (χ1n) is 10.4. The topological polar surface area (TPSA) is 60.8 Å². The molecular weight excluding hydrogens is 326 g/mol. The molecule has 2 aliphatic carbocycles. The minimum absolute atomic E-state index is 0.151. The quantitative estimate of drug-likeness (QED) is 0.460. The van der Waals surface area contributed by atoms with Crippen LogP contribution in [0, 0.1) is 17.8 Å². The van der Waals surface area contributed by atoms with Gasteiger partial charge in [-0.25, -0.2) is 0 Å². The highest BCUT2D eigenvalue weighted by Gasteiger charge is 2.43. The predicted molar refractivity (Wildman–Crippen MR) is 106 cm³/mol. The molecule has 0 aromatic rings. The van der Waals surface area contributed by atoms with Crippen LogP contribution in [-0.2, 0) is 4.79 Å². The van der Waals surface area contributed by atoms with E-state index in [0.29, 0.717) is 18.3 Å². The van der Waals surface area contributed by atoms with Crippen LogP contribution in [0.5, 0.6) is 0 Å². The summed E-state index contributed by atoms with van der Waals surface area (Å²) in [5, 5.41) is 20.5. The Hall–Kier alpha value is -1.13. The fourth-order valence-corrected chi connectivity index (χ4v) is 4.44. The average molecular weight is 364 g/mol. The Labute approximate surface area is 159 Å². The van der Waals surface area contributed by atoms with Crippen LogP contribution in [0.3, 0.4) is 0 Å². The van der Waals surface area contributed by atoms with E-state index in [9.17, 15) is 15.0 Å². The van der Waals surface area contributed by atoms with E-state index in [4.69, 9.17) is 0 Å². The minimum atomic E-state index is -0.390. The third-order valence-electron chi connectivity index (χ3n) is 6.00. The maximum Gasteiger partial charge on any atom is 0.222 e. The number of aliphatic hydroxyl groups excluding tert-OH is 2. The zero-order valence-corrected chi connectivity index (χ0v) is 16.7. The van der Waals surface area contributed by atoms with Gasteiger partial charge in [-0.1, -0.05) is 50.0 Å². The van der Waals surface area contributed by atoms with Gasteiger partial charge in [0, 0.05) is 26.4 Å². The summed E-state index contributed by atoms with van der Waals surface area (Å²) in [5.41, 5.74) is 1.44. The number of allylic oxidation sites excluding steroid dienone is 2. The Morgan fingerprint density at radius 1 is 1.35 bits per heavy atom. The van der Waals surface area contributed by atoms with Gasteiger partial charge >= 0.3 is 0 Å². The van der Waals surface area contributed by atoms with Crippen molar-refractivity contribution in [2.45, 2.75) is 76.9 Å². The van der Waals surface area contributed by atoms with Gasteiger partial charge in [-0.3, -0.25) is 4.79 Å². The summed E-state index contributed by atoms with van der Waals surface area (Å²) < 4.78 is 0. The van der Waals surface area contributed by atoms with Crippen molar-refractivity contribution in [2.75, 3.05) is 14.1 Å². The largest absolute Gasteiger partial charge is 0.392 e. The second-order valence-corrected chi connectivity index (χ2v) is 8.33. The zero-order chi connectivity index (χ0) is 19.1. The predicted octanol–water partition coefficient (Wildman–Crippen LogP) is 3.69. The SMILES string of the molecule is CCCCC[C@H](O)/C=C/[C@@H]1[C@H]2CC(CCCC(=O)N(C)C)=C[C@H]2C[C@H]1O.